The summed E-state index contributed by atoms with van der Waals surface area (Å²) in [4.78, 5) is 64.9. The molecule has 0 radical (unpaired) electrons. The van der Waals surface area contributed by atoms with E-state index in [1.54, 1.807) is 55.9 Å². The molecule has 13 heteroatoms. The van der Waals surface area contributed by atoms with Gasteiger partial charge >= 0.3 is 12.1 Å². The van der Waals surface area contributed by atoms with Gasteiger partial charge in [-0.2, -0.15) is 0 Å². The van der Waals surface area contributed by atoms with Crippen LogP contribution >= 0.6 is 0 Å². The molecule has 256 valence electrons. The summed E-state index contributed by atoms with van der Waals surface area (Å²) in [6.45, 7) is 9.22. The van der Waals surface area contributed by atoms with Crippen LogP contribution in [0.4, 0.5) is 9.18 Å². The Kier molecular flexibility index (Phi) is 12.3. The minimum atomic E-state index is -1.06. The number of ether oxygens (including phenoxy) is 3. The Labute approximate surface area is 275 Å². The lowest BCUT2D eigenvalue weighted by Gasteiger charge is -2.36. The molecule has 1 saturated carbocycles. The predicted molar refractivity (Wildman–Crippen MR) is 171 cm³/mol. The van der Waals surface area contributed by atoms with Gasteiger partial charge in [0.15, 0.2) is 5.82 Å². The van der Waals surface area contributed by atoms with Gasteiger partial charge in [-0.25, -0.2) is 19.2 Å². The Morgan fingerprint density at radius 3 is 2.36 bits per heavy atom. The van der Waals surface area contributed by atoms with Crippen LogP contribution in [-0.2, 0) is 23.8 Å². The molecule has 1 saturated heterocycles. The maximum Gasteiger partial charge on any atom is 0.409 e. The third-order valence-electron chi connectivity index (χ3n) is 8.00. The van der Waals surface area contributed by atoms with Gasteiger partial charge in [0.2, 0.25) is 5.91 Å². The van der Waals surface area contributed by atoms with Crippen LogP contribution < -0.4 is 5.32 Å². The summed E-state index contributed by atoms with van der Waals surface area (Å²) < 4.78 is 29.7. The third kappa shape index (κ3) is 10.4. The molecule has 1 aromatic carbocycles. The Morgan fingerprint density at radius 2 is 1.72 bits per heavy atom. The normalized spacial score (nSPS) is 18.3. The summed E-state index contributed by atoms with van der Waals surface area (Å²) in [6.07, 6.45) is 2.00. The number of unbranched alkanes of at least 4 members (excludes halogenated alkanes) is 1. The topological polar surface area (TPSA) is 140 Å². The first-order valence-electron chi connectivity index (χ1n) is 16.3. The first kappa shape index (κ1) is 35.7. The predicted octanol–water partition coefficient (Wildman–Crippen LogP) is 4.33. The summed E-state index contributed by atoms with van der Waals surface area (Å²) in [5.41, 5.74) is 0.534. The van der Waals surface area contributed by atoms with Gasteiger partial charge in [0, 0.05) is 63.5 Å². The van der Waals surface area contributed by atoms with Crippen molar-refractivity contribution >= 4 is 23.9 Å². The number of piperazine rings is 1. The third-order valence-corrected chi connectivity index (χ3v) is 8.00. The number of esters is 1. The number of aromatic nitrogens is 2. The van der Waals surface area contributed by atoms with E-state index in [1.807, 2.05) is 6.92 Å². The molecule has 1 aliphatic carbocycles. The average Bonchev–Trinajstić information content (AvgIpc) is 3.81. The number of nitrogens with zero attached hydrogens (tertiary/aromatic N) is 4. The number of carbonyl (C=O) groups is 4. The maximum absolute atomic E-state index is 13.8. The van der Waals surface area contributed by atoms with Crippen LogP contribution in [0.15, 0.2) is 30.3 Å². The molecular formula is C34H46FN5O7. The Morgan fingerprint density at radius 1 is 1.04 bits per heavy atom. The second-order valence-corrected chi connectivity index (χ2v) is 13.0. The molecule has 2 aromatic rings. The summed E-state index contributed by atoms with van der Waals surface area (Å²) in [7, 11) is 1.63. The van der Waals surface area contributed by atoms with Crippen molar-refractivity contribution in [3.8, 4) is 11.4 Å². The second-order valence-electron chi connectivity index (χ2n) is 13.0. The van der Waals surface area contributed by atoms with E-state index < -0.39 is 35.4 Å². The fourth-order valence-corrected chi connectivity index (χ4v) is 5.38. The highest BCUT2D eigenvalue weighted by Crippen LogP contribution is 2.47. The molecule has 1 aromatic heterocycles. The highest BCUT2D eigenvalue weighted by Gasteiger charge is 2.40. The van der Waals surface area contributed by atoms with Gasteiger partial charge in [-0.1, -0.05) is 13.3 Å². The van der Waals surface area contributed by atoms with Gasteiger partial charge in [0.25, 0.3) is 5.91 Å². The standard InChI is InChI=1S/C34H46FN5O7/c1-6-7-18-46-33(44)40-16-14-39(15-17-40)32(43)26(12-13-29(41)47-34(2,3)4)38-31(42)28-20-27(25-19-23(25)21-45-5)36-30(37-28)22-8-10-24(35)11-9-22/h8-11,20,23,25-26H,6-7,12-19,21H2,1-5H3,(H,38,42)/t23-,25+,26+/m1/s1. The van der Waals surface area contributed by atoms with Gasteiger partial charge in [-0.3, -0.25) is 14.4 Å². The number of nitrogens with one attached hydrogen (secondary N) is 1. The molecule has 0 spiro atoms. The molecule has 1 aliphatic heterocycles. The van der Waals surface area contributed by atoms with Gasteiger partial charge in [-0.05, 0) is 76.3 Å². The second kappa shape index (κ2) is 16.1. The minimum absolute atomic E-state index is 0.0000578. The molecule has 0 unspecified atom stereocenters. The first-order valence-corrected chi connectivity index (χ1v) is 16.3. The van der Waals surface area contributed by atoms with Crippen molar-refractivity contribution in [2.45, 2.75) is 77.4 Å². The number of hydrogen-bond acceptors (Lipinski definition) is 9. The van der Waals surface area contributed by atoms with Crippen LogP contribution in [0.1, 0.15) is 81.9 Å². The molecule has 12 nitrogen and oxygen atoms in total. The van der Waals surface area contributed by atoms with Crippen LogP contribution in [0.2, 0.25) is 0 Å². The van der Waals surface area contributed by atoms with E-state index in [9.17, 15) is 23.6 Å². The zero-order chi connectivity index (χ0) is 34.1. The Balaban J connectivity index is 1.53. The Bertz CT molecular complexity index is 1410. The largest absolute Gasteiger partial charge is 0.460 e. The smallest absolute Gasteiger partial charge is 0.409 e. The number of benzene rings is 1. The molecule has 2 aliphatic rings. The fourth-order valence-electron chi connectivity index (χ4n) is 5.38. The molecule has 2 fully saturated rings. The van der Waals surface area contributed by atoms with Crippen molar-refractivity contribution in [2.24, 2.45) is 5.92 Å². The van der Waals surface area contributed by atoms with E-state index in [1.165, 1.54) is 12.1 Å². The van der Waals surface area contributed by atoms with Gasteiger partial charge in [0.05, 0.1) is 6.61 Å². The van der Waals surface area contributed by atoms with E-state index in [0.29, 0.717) is 24.5 Å². The monoisotopic (exact) mass is 655 g/mol. The van der Waals surface area contributed by atoms with E-state index >= 15 is 0 Å². The highest BCUT2D eigenvalue weighted by molar-refractivity contribution is 5.96. The van der Waals surface area contributed by atoms with E-state index in [4.69, 9.17) is 14.2 Å². The van der Waals surface area contributed by atoms with E-state index in [2.05, 4.69) is 15.3 Å². The number of carbonyl (C=O) groups excluding carboxylic acids is 4. The molecule has 2 heterocycles. The van der Waals surface area contributed by atoms with Crippen molar-refractivity contribution in [1.82, 2.24) is 25.1 Å². The van der Waals surface area contributed by atoms with Crippen molar-refractivity contribution in [1.29, 1.82) is 0 Å². The number of halogens is 1. The average molecular weight is 656 g/mol. The molecule has 3 amide bonds. The van der Waals surface area contributed by atoms with Gasteiger partial charge in [0.1, 0.15) is 23.2 Å². The van der Waals surface area contributed by atoms with Crippen LogP contribution in [-0.4, -0.2) is 102 Å². The lowest BCUT2D eigenvalue weighted by Crippen LogP contribution is -2.56. The minimum Gasteiger partial charge on any atom is -0.460 e. The lowest BCUT2D eigenvalue weighted by atomic mass is 10.1. The van der Waals surface area contributed by atoms with Crippen molar-refractivity contribution in [3.63, 3.8) is 0 Å². The molecule has 47 heavy (non-hydrogen) atoms. The summed E-state index contributed by atoms with van der Waals surface area (Å²) in [6, 6.07) is 6.23. The summed E-state index contributed by atoms with van der Waals surface area (Å²) >= 11 is 0. The molecular weight excluding hydrogens is 609 g/mol. The number of hydrogen-bond donors (Lipinski definition) is 1. The van der Waals surface area contributed by atoms with Crippen molar-refractivity contribution in [2.75, 3.05) is 46.5 Å². The van der Waals surface area contributed by atoms with E-state index in [0.717, 1.165) is 19.3 Å². The van der Waals surface area contributed by atoms with Crippen molar-refractivity contribution < 1.29 is 37.8 Å². The van der Waals surface area contributed by atoms with Crippen molar-refractivity contribution in [3.05, 3.63) is 47.5 Å². The van der Waals surface area contributed by atoms with Crippen LogP contribution in [0, 0.1) is 11.7 Å². The van der Waals surface area contributed by atoms with Crippen LogP contribution in [0.5, 0.6) is 0 Å². The van der Waals surface area contributed by atoms with E-state index in [-0.39, 0.29) is 68.3 Å². The van der Waals surface area contributed by atoms with Crippen LogP contribution in [0.25, 0.3) is 11.4 Å². The number of methoxy groups -OCH3 is 1. The molecule has 0 bridgehead atoms. The SMILES string of the molecule is CCCCOC(=O)N1CCN(C(=O)[C@H](CCC(=O)OC(C)(C)C)NC(=O)c2cc([C@H]3C[C@@H]3COC)nc(-c3ccc(F)cc3)n2)CC1. The van der Waals surface area contributed by atoms with Gasteiger partial charge in [-0.15, -0.1) is 0 Å². The number of amides is 3. The Hall–Kier alpha value is -4.13. The quantitative estimate of drug-likeness (QED) is 0.247. The molecule has 4 rings (SSSR count). The molecule has 3 atom stereocenters. The molecule has 1 N–H and O–H groups in total. The number of rotatable bonds is 13. The lowest BCUT2D eigenvalue weighted by molar-refractivity contribution is -0.155. The summed E-state index contributed by atoms with van der Waals surface area (Å²) in [5, 5.41) is 2.81. The van der Waals surface area contributed by atoms with Crippen LogP contribution in [0.3, 0.4) is 0 Å². The fraction of sp³-hybridized carbons (Fsp3) is 0.588. The summed E-state index contributed by atoms with van der Waals surface area (Å²) in [5.74, 6) is -1.32. The first-order chi connectivity index (χ1) is 22.4. The maximum atomic E-state index is 13.8. The zero-order valence-electron chi connectivity index (χ0n) is 27.9. The highest BCUT2D eigenvalue weighted by atomic mass is 19.1. The van der Waals surface area contributed by atoms with Gasteiger partial charge < -0.3 is 29.3 Å². The zero-order valence-corrected chi connectivity index (χ0v) is 27.9.